The van der Waals surface area contributed by atoms with Crippen molar-refractivity contribution >= 4 is 23.3 Å². The first-order chi connectivity index (χ1) is 8.40. The Hall–Kier alpha value is -1.61. The van der Waals surface area contributed by atoms with Gasteiger partial charge in [-0.15, -0.1) is 11.8 Å². The number of fused-ring (bicyclic) bond motifs is 1. The molecule has 84 valence electrons. The van der Waals surface area contributed by atoms with E-state index in [2.05, 4.69) is 53.4 Å². The van der Waals surface area contributed by atoms with Gasteiger partial charge in [-0.1, -0.05) is 36.4 Å². The highest BCUT2D eigenvalue weighted by Crippen LogP contribution is 2.29. The van der Waals surface area contributed by atoms with Crippen LogP contribution in [-0.4, -0.2) is 12.0 Å². The zero-order valence-corrected chi connectivity index (χ0v) is 10.4. The van der Waals surface area contributed by atoms with Gasteiger partial charge >= 0.3 is 5.82 Å². The molecule has 17 heavy (non-hydrogen) atoms. The van der Waals surface area contributed by atoms with E-state index in [4.69, 9.17) is 4.99 Å². The number of nitrogens with zero attached hydrogens (tertiary/aromatic N) is 2. The van der Waals surface area contributed by atoms with Gasteiger partial charge in [0.1, 0.15) is 0 Å². The number of aromatic nitrogens is 1. The summed E-state index contributed by atoms with van der Waals surface area (Å²) in [6.45, 7) is 0. The Morgan fingerprint density at radius 1 is 1.06 bits per heavy atom. The number of benzene rings is 1. The van der Waals surface area contributed by atoms with Crippen molar-refractivity contribution in [1.82, 2.24) is 0 Å². The molecule has 1 atom stereocenters. The molecule has 0 fully saturated rings. The average molecular weight is 241 g/mol. The second-order valence-electron chi connectivity index (χ2n) is 3.92. The molecule has 0 amide bonds. The minimum atomic E-state index is 0.286. The van der Waals surface area contributed by atoms with E-state index in [0.717, 1.165) is 11.5 Å². The van der Waals surface area contributed by atoms with Crippen molar-refractivity contribution in [3.8, 4) is 0 Å². The highest BCUT2D eigenvalue weighted by Gasteiger charge is 2.35. The lowest BCUT2D eigenvalue weighted by Gasteiger charge is -2.06. The maximum Gasteiger partial charge on any atom is 0.324 e. The van der Waals surface area contributed by atoms with Gasteiger partial charge in [-0.05, 0) is 17.3 Å². The van der Waals surface area contributed by atoms with Gasteiger partial charge < -0.3 is 0 Å². The molecule has 1 unspecified atom stereocenters. The standard InChI is InChI=1S/C14H13N2S/c1-17-14-13(11-7-3-2-4-8-11)15-12-9-5-6-10-16(12)14/h2-10,14H,1H3/q+1. The molecule has 0 radical (unpaired) electrons. The number of pyridine rings is 1. The number of aliphatic imine (C=N–C) groups is 1. The third-order valence-electron chi connectivity index (χ3n) is 2.88. The fourth-order valence-electron chi connectivity index (χ4n) is 2.09. The molecule has 2 heterocycles. The summed E-state index contributed by atoms with van der Waals surface area (Å²) in [5, 5.41) is 0.286. The quantitative estimate of drug-likeness (QED) is 0.738. The normalized spacial score (nSPS) is 17.7. The Morgan fingerprint density at radius 3 is 2.59 bits per heavy atom. The lowest BCUT2D eigenvalue weighted by atomic mass is 10.1. The maximum absolute atomic E-state index is 4.73. The van der Waals surface area contributed by atoms with Gasteiger partial charge in [-0.3, -0.25) is 0 Å². The third-order valence-corrected chi connectivity index (χ3v) is 3.78. The molecule has 0 saturated heterocycles. The van der Waals surface area contributed by atoms with E-state index < -0.39 is 0 Å². The Balaban J connectivity index is 2.09. The van der Waals surface area contributed by atoms with Crippen LogP contribution in [0.3, 0.4) is 0 Å². The molecule has 3 heteroatoms. The molecule has 2 aromatic rings. The molecule has 0 aliphatic carbocycles. The summed E-state index contributed by atoms with van der Waals surface area (Å²) in [6, 6.07) is 16.5. The van der Waals surface area contributed by atoms with Crippen LogP contribution in [0.4, 0.5) is 5.82 Å². The molecular weight excluding hydrogens is 228 g/mol. The molecule has 0 saturated carbocycles. The van der Waals surface area contributed by atoms with Crippen molar-refractivity contribution in [2.24, 2.45) is 4.99 Å². The van der Waals surface area contributed by atoms with E-state index in [1.165, 1.54) is 5.56 Å². The van der Waals surface area contributed by atoms with E-state index in [1.54, 1.807) is 0 Å². The van der Waals surface area contributed by atoms with Crippen molar-refractivity contribution in [1.29, 1.82) is 0 Å². The Kier molecular flexibility index (Phi) is 2.69. The third kappa shape index (κ3) is 1.76. The lowest BCUT2D eigenvalue weighted by molar-refractivity contribution is -0.667. The predicted molar refractivity (Wildman–Crippen MR) is 71.8 cm³/mol. The van der Waals surface area contributed by atoms with Crippen LogP contribution in [0.1, 0.15) is 10.9 Å². The number of thioether (sulfide) groups is 1. The first-order valence-corrected chi connectivity index (χ1v) is 6.86. The molecule has 1 aromatic carbocycles. The monoisotopic (exact) mass is 241 g/mol. The number of hydrogen-bond donors (Lipinski definition) is 0. The van der Waals surface area contributed by atoms with Crippen molar-refractivity contribution in [2.45, 2.75) is 5.37 Å². The van der Waals surface area contributed by atoms with Gasteiger partial charge in [0.05, 0.1) is 6.20 Å². The van der Waals surface area contributed by atoms with Crippen LogP contribution in [0.15, 0.2) is 59.7 Å². The van der Waals surface area contributed by atoms with Crippen molar-refractivity contribution in [2.75, 3.05) is 6.26 Å². The molecule has 1 aliphatic rings. The molecule has 0 N–H and O–H groups in total. The fourth-order valence-corrected chi connectivity index (χ4v) is 2.91. The Labute approximate surface area is 105 Å². The summed E-state index contributed by atoms with van der Waals surface area (Å²) in [5.41, 5.74) is 2.35. The molecule has 1 aliphatic heterocycles. The molecule has 2 nitrogen and oxygen atoms in total. The second kappa shape index (κ2) is 4.34. The molecule has 1 aromatic heterocycles. The van der Waals surface area contributed by atoms with Gasteiger partial charge in [-0.2, -0.15) is 0 Å². The van der Waals surface area contributed by atoms with Crippen LogP contribution in [0.5, 0.6) is 0 Å². The number of rotatable bonds is 2. The van der Waals surface area contributed by atoms with Crippen molar-refractivity contribution in [3.05, 3.63) is 60.3 Å². The number of hydrogen-bond acceptors (Lipinski definition) is 2. The molecule has 0 bridgehead atoms. The predicted octanol–water partition coefficient (Wildman–Crippen LogP) is 2.97. The van der Waals surface area contributed by atoms with Gasteiger partial charge in [-0.25, -0.2) is 4.57 Å². The average Bonchev–Trinajstić information content (AvgIpc) is 2.78. The minimum Gasteiger partial charge on any atom is -0.211 e. The summed E-state index contributed by atoms with van der Waals surface area (Å²) in [4.78, 5) is 4.73. The van der Waals surface area contributed by atoms with Gasteiger partial charge in [0, 0.05) is 11.6 Å². The summed E-state index contributed by atoms with van der Waals surface area (Å²) in [7, 11) is 0. The molecule has 3 rings (SSSR count). The van der Waals surface area contributed by atoms with Crippen molar-refractivity contribution in [3.63, 3.8) is 0 Å². The SMILES string of the molecule is CSC1C(c2ccccc2)=Nc2cccc[n+]21. The van der Waals surface area contributed by atoms with E-state index in [0.29, 0.717) is 0 Å². The second-order valence-corrected chi connectivity index (χ2v) is 4.84. The molecular formula is C14H13N2S+. The van der Waals surface area contributed by atoms with E-state index in [1.807, 2.05) is 23.9 Å². The zero-order valence-electron chi connectivity index (χ0n) is 9.58. The van der Waals surface area contributed by atoms with Gasteiger partial charge in [0.15, 0.2) is 0 Å². The zero-order chi connectivity index (χ0) is 11.7. The van der Waals surface area contributed by atoms with Crippen molar-refractivity contribution < 1.29 is 4.57 Å². The Morgan fingerprint density at radius 2 is 1.82 bits per heavy atom. The maximum atomic E-state index is 4.73. The minimum absolute atomic E-state index is 0.286. The molecule has 0 spiro atoms. The topological polar surface area (TPSA) is 16.2 Å². The van der Waals surface area contributed by atoms with Crippen LogP contribution in [0, 0.1) is 0 Å². The summed E-state index contributed by atoms with van der Waals surface area (Å²) < 4.78 is 2.22. The van der Waals surface area contributed by atoms with Gasteiger partial charge in [0.25, 0.3) is 0 Å². The first-order valence-electron chi connectivity index (χ1n) is 5.57. The van der Waals surface area contributed by atoms with E-state index in [-0.39, 0.29) is 5.37 Å². The van der Waals surface area contributed by atoms with Crippen LogP contribution in [0.25, 0.3) is 0 Å². The van der Waals surface area contributed by atoms with E-state index in [9.17, 15) is 0 Å². The lowest BCUT2D eigenvalue weighted by Crippen LogP contribution is -2.37. The smallest absolute Gasteiger partial charge is 0.211 e. The summed E-state index contributed by atoms with van der Waals surface area (Å²) >= 11 is 1.81. The largest absolute Gasteiger partial charge is 0.324 e. The van der Waals surface area contributed by atoms with Crippen LogP contribution in [0.2, 0.25) is 0 Å². The Bertz CT molecular complexity index is 563. The first kappa shape index (κ1) is 10.5. The highest BCUT2D eigenvalue weighted by molar-refractivity contribution is 7.99. The van der Waals surface area contributed by atoms with Crippen LogP contribution >= 0.6 is 11.8 Å². The van der Waals surface area contributed by atoms with Crippen LogP contribution in [-0.2, 0) is 0 Å². The highest BCUT2D eigenvalue weighted by atomic mass is 32.2. The summed E-state index contributed by atoms with van der Waals surface area (Å²) in [6.07, 6.45) is 4.22. The fraction of sp³-hybridized carbons (Fsp3) is 0.143. The van der Waals surface area contributed by atoms with Gasteiger partial charge in [0.2, 0.25) is 11.1 Å². The van der Waals surface area contributed by atoms with Crippen LogP contribution < -0.4 is 4.57 Å². The van der Waals surface area contributed by atoms with E-state index >= 15 is 0 Å². The summed E-state index contributed by atoms with van der Waals surface area (Å²) in [5.74, 6) is 1.03.